The van der Waals surface area contributed by atoms with Crippen LogP contribution in [0, 0.1) is 11.3 Å². The van der Waals surface area contributed by atoms with Gasteiger partial charge in [0, 0.05) is 0 Å². The van der Waals surface area contributed by atoms with Crippen molar-refractivity contribution in [1.82, 2.24) is 0 Å². The number of aliphatic carboxylic acids is 1. The molecule has 1 aromatic carbocycles. The predicted octanol–water partition coefficient (Wildman–Crippen LogP) is 2.08. The number of carboxylic acids is 1. The smallest absolute Gasteiger partial charge is 0.346 e. The summed E-state index contributed by atoms with van der Waals surface area (Å²) in [6.07, 6.45) is 0. The summed E-state index contributed by atoms with van der Waals surface area (Å²) in [5, 5.41) is 17.6. The lowest BCUT2D eigenvalue weighted by atomic mass is 10.0. The first-order valence-corrected chi connectivity index (χ1v) is 4.59. The third kappa shape index (κ3) is 2.39. The molecule has 0 saturated carbocycles. The van der Waals surface area contributed by atoms with Crippen molar-refractivity contribution in [3.05, 3.63) is 35.4 Å². The Labute approximate surface area is 93.4 Å². The van der Waals surface area contributed by atoms with E-state index in [0.717, 1.165) is 0 Å². The molecule has 0 aliphatic heterocycles. The molecule has 0 fully saturated rings. The van der Waals surface area contributed by atoms with Crippen LogP contribution in [-0.2, 0) is 4.79 Å². The van der Waals surface area contributed by atoms with Gasteiger partial charge >= 0.3 is 5.97 Å². The number of carbonyl (C=O) groups is 1. The second-order valence-corrected chi connectivity index (χ2v) is 3.15. The van der Waals surface area contributed by atoms with E-state index in [1.54, 1.807) is 37.3 Å². The van der Waals surface area contributed by atoms with Crippen molar-refractivity contribution in [2.24, 2.45) is 0 Å². The fourth-order valence-corrected chi connectivity index (χ4v) is 1.29. The van der Waals surface area contributed by atoms with Gasteiger partial charge in [0.15, 0.2) is 0 Å². The van der Waals surface area contributed by atoms with E-state index < -0.39 is 5.97 Å². The molecule has 1 aromatic rings. The van der Waals surface area contributed by atoms with Gasteiger partial charge in [0.2, 0.25) is 0 Å². The summed E-state index contributed by atoms with van der Waals surface area (Å²) in [7, 11) is 1.53. The maximum absolute atomic E-state index is 10.8. The first kappa shape index (κ1) is 11.8. The molecule has 0 bridgehead atoms. The summed E-state index contributed by atoms with van der Waals surface area (Å²) >= 11 is 0. The molecule has 0 aliphatic carbocycles. The fourth-order valence-electron chi connectivity index (χ4n) is 1.29. The largest absolute Gasteiger partial charge is 0.497 e. The molecule has 0 heterocycles. The van der Waals surface area contributed by atoms with Crippen LogP contribution in [0.4, 0.5) is 0 Å². The number of ether oxygens (including phenoxy) is 1. The van der Waals surface area contributed by atoms with Gasteiger partial charge in [-0.15, -0.1) is 0 Å². The SMILES string of the molecule is COc1cccc(/C(C)=C(/C#N)C(=O)O)c1. The summed E-state index contributed by atoms with van der Waals surface area (Å²) in [6, 6.07) is 8.60. The van der Waals surface area contributed by atoms with E-state index in [9.17, 15) is 4.79 Å². The molecule has 1 rings (SSSR count). The van der Waals surface area contributed by atoms with E-state index in [2.05, 4.69) is 0 Å². The molecule has 0 atom stereocenters. The van der Waals surface area contributed by atoms with E-state index in [-0.39, 0.29) is 5.57 Å². The molecule has 0 unspecified atom stereocenters. The lowest BCUT2D eigenvalue weighted by Crippen LogP contribution is -2.01. The van der Waals surface area contributed by atoms with Crippen LogP contribution in [0.15, 0.2) is 29.8 Å². The highest BCUT2D eigenvalue weighted by Gasteiger charge is 2.12. The molecule has 16 heavy (non-hydrogen) atoms. The highest BCUT2D eigenvalue weighted by atomic mass is 16.5. The number of benzene rings is 1. The molecule has 0 amide bonds. The molecule has 0 radical (unpaired) electrons. The fraction of sp³-hybridized carbons (Fsp3) is 0.167. The summed E-state index contributed by atoms with van der Waals surface area (Å²) in [5.41, 5.74) is 0.834. The molecule has 0 aromatic heterocycles. The number of rotatable bonds is 3. The minimum atomic E-state index is -1.22. The van der Waals surface area contributed by atoms with Crippen LogP contribution < -0.4 is 4.74 Å². The van der Waals surface area contributed by atoms with Gasteiger partial charge < -0.3 is 9.84 Å². The molecule has 82 valence electrons. The van der Waals surface area contributed by atoms with E-state index in [1.165, 1.54) is 7.11 Å². The van der Waals surface area contributed by atoms with Gasteiger partial charge in [-0.25, -0.2) is 4.79 Å². The van der Waals surface area contributed by atoms with Crippen molar-refractivity contribution >= 4 is 11.5 Å². The normalized spacial score (nSPS) is 11.3. The topological polar surface area (TPSA) is 70.3 Å². The Balaban J connectivity index is 3.28. The second kappa shape index (κ2) is 4.99. The minimum Gasteiger partial charge on any atom is -0.497 e. The number of hydrogen-bond acceptors (Lipinski definition) is 3. The van der Waals surface area contributed by atoms with Gasteiger partial charge in [-0.05, 0) is 30.2 Å². The number of allylic oxidation sites excluding steroid dienone is 1. The summed E-state index contributed by atoms with van der Waals surface area (Å²) < 4.78 is 5.03. The standard InChI is InChI=1S/C12H11NO3/c1-8(11(7-13)12(14)15)9-4-3-5-10(6-9)16-2/h3-6H,1-2H3,(H,14,15)/b11-8-. The molecule has 4 nitrogen and oxygen atoms in total. The number of hydrogen-bond donors (Lipinski definition) is 1. The van der Waals surface area contributed by atoms with Crippen LogP contribution in [0.25, 0.3) is 5.57 Å². The van der Waals surface area contributed by atoms with Crippen LogP contribution in [-0.4, -0.2) is 18.2 Å². The van der Waals surface area contributed by atoms with Gasteiger partial charge in [-0.3, -0.25) is 0 Å². The Morgan fingerprint density at radius 3 is 2.69 bits per heavy atom. The van der Waals surface area contributed by atoms with Crippen molar-refractivity contribution in [1.29, 1.82) is 5.26 Å². The van der Waals surface area contributed by atoms with E-state index in [4.69, 9.17) is 15.1 Å². The van der Waals surface area contributed by atoms with Gasteiger partial charge in [-0.1, -0.05) is 12.1 Å². The molecule has 0 spiro atoms. The third-order valence-corrected chi connectivity index (χ3v) is 2.20. The predicted molar refractivity (Wildman–Crippen MR) is 58.8 cm³/mol. The lowest BCUT2D eigenvalue weighted by Gasteiger charge is -2.05. The Morgan fingerprint density at radius 1 is 1.50 bits per heavy atom. The summed E-state index contributed by atoms with van der Waals surface area (Å²) in [4.78, 5) is 10.8. The Hall–Kier alpha value is -2.28. The van der Waals surface area contributed by atoms with E-state index in [0.29, 0.717) is 16.9 Å². The number of nitrogens with zero attached hydrogens (tertiary/aromatic N) is 1. The maximum Gasteiger partial charge on any atom is 0.346 e. The highest BCUT2D eigenvalue weighted by Crippen LogP contribution is 2.22. The zero-order valence-corrected chi connectivity index (χ0v) is 9.02. The average molecular weight is 217 g/mol. The van der Waals surface area contributed by atoms with E-state index >= 15 is 0 Å². The average Bonchev–Trinajstić information content (AvgIpc) is 2.29. The van der Waals surface area contributed by atoms with Crippen LogP contribution in [0.1, 0.15) is 12.5 Å². The van der Waals surface area contributed by atoms with Gasteiger partial charge in [0.25, 0.3) is 0 Å². The molecule has 1 N–H and O–H groups in total. The van der Waals surface area contributed by atoms with Gasteiger partial charge in [0.1, 0.15) is 17.4 Å². The third-order valence-electron chi connectivity index (χ3n) is 2.20. The van der Waals surface area contributed by atoms with Crippen molar-refractivity contribution in [2.45, 2.75) is 6.92 Å². The molecule has 0 saturated heterocycles. The Morgan fingerprint density at radius 2 is 2.19 bits per heavy atom. The lowest BCUT2D eigenvalue weighted by molar-refractivity contribution is -0.132. The molecule has 4 heteroatoms. The van der Waals surface area contributed by atoms with Crippen LogP contribution in [0.3, 0.4) is 0 Å². The van der Waals surface area contributed by atoms with Gasteiger partial charge in [0.05, 0.1) is 7.11 Å². The maximum atomic E-state index is 10.8. The highest BCUT2D eigenvalue weighted by molar-refractivity contribution is 6.00. The monoisotopic (exact) mass is 217 g/mol. The van der Waals surface area contributed by atoms with Crippen molar-refractivity contribution < 1.29 is 14.6 Å². The van der Waals surface area contributed by atoms with Crippen LogP contribution >= 0.6 is 0 Å². The Bertz CT molecular complexity index is 483. The van der Waals surface area contributed by atoms with Gasteiger partial charge in [-0.2, -0.15) is 5.26 Å². The quantitative estimate of drug-likeness (QED) is 0.621. The number of methoxy groups -OCH3 is 1. The molecular formula is C12H11NO3. The zero-order valence-electron chi connectivity index (χ0n) is 9.02. The summed E-state index contributed by atoms with van der Waals surface area (Å²) in [5.74, 6) is -0.595. The first-order valence-electron chi connectivity index (χ1n) is 4.59. The second-order valence-electron chi connectivity index (χ2n) is 3.15. The van der Waals surface area contributed by atoms with Crippen molar-refractivity contribution in [3.8, 4) is 11.8 Å². The first-order chi connectivity index (χ1) is 7.60. The van der Waals surface area contributed by atoms with Crippen molar-refractivity contribution in [3.63, 3.8) is 0 Å². The number of carboxylic acid groups (broad SMARTS) is 1. The summed E-state index contributed by atoms with van der Waals surface area (Å²) in [6.45, 7) is 1.60. The minimum absolute atomic E-state index is 0.256. The Kier molecular flexibility index (Phi) is 3.67. The molecular weight excluding hydrogens is 206 g/mol. The van der Waals surface area contributed by atoms with Crippen LogP contribution in [0.5, 0.6) is 5.75 Å². The molecule has 0 aliphatic rings. The van der Waals surface area contributed by atoms with E-state index in [1.807, 2.05) is 0 Å². The van der Waals surface area contributed by atoms with Crippen molar-refractivity contribution in [2.75, 3.05) is 7.11 Å². The number of nitriles is 1. The zero-order chi connectivity index (χ0) is 12.1. The van der Waals surface area contributed by atoms with Crippen LogP contribution in [0.2, 0.25) is 0 Å².